The average Bonchev–Trinajstić information content (AvgIpc) is 2.87. The summed E-state index contributed by atoms with van der Waals surface area (Å²) in [5.41, 5.74) is 3.48. The molecule has 8 nitrogen and oxygen atoms in total. The summed E-state index contributed by atoms with van der Waals surface area (Å²) in [6, 6.07) is 27.5. The monoisotopic (exact) mass is 450 g/mol. The van der Waals surface area contributed by atoms with Crippen LogP contribution in [0.15, 0.2) is 107 Å². The van der Waals surface area contributed by atoms with E-state index in [2.05, 4.69) is 9.98 Å². The molecule has 0 aromatic heterocycles. The van der Waals surface area contributed by atoms with Gasteiger partial charge in [0.15, 0.2) is 0 Å². The normalized spacial score (nSPS) is 11.2. The lowest BCUT2D eigenvalue weighted by atomic mass is 10.0. The molecule has 0 N–H and O–H groups in total. The molecule has 34 heavy (non-hydrogen) atoms. The quantitative estimate of drug-likeness (QED) is 0.178. The van der Waals surface area contributed by atoms with Crippen molar-refractivity contribution in [1.29, 1.82) is 0 Å². The summed E-state index contributed by atoms with van der Waals surface area (Å²) in [6.45, 7) is 0. The Balaban J connectivity index is 1.73. The van der Waals surface area contributed by atoms with Crippen LogP contribution < -0.4 is 0 Å². The topological polar surface area (TPSA) is 111 Å². The molecule has 0 bridgehead atoms. The van der Waals surface area contributed by atoms with E-state index in [9.17, 15) is 20.2 Å². The molecule has 0 atom stereocenters. The maximum Gasteiger partial charge on any atom is 0.278 e. The van der Waals surface area contributed by atoms with Gasteiger partial charge in [-0.15, -0.1) is 0 Å². The molecule has 0 unspecified atom stereocenters. The van der Waals surface area contributed by atoms with E-state index in [1.54, 1.807) is 36.4 Å². The van der Waals surface area contributed by atoms with Crippen LogP contribution in [0, 0.1) is 20.2 Å². The second-order valence-electron chi connectivity index (χ2n) is 7.18. The number of rotatable bonds is 7. The van der Waals surface area contributed by atoms with Crippen LogP contribution in [0.3, 0.4) is 0 Å². The molecular formula is C26H18N4O4. The van der Waals surface area contributed by atoms with Crippen molar-refractivity contribution in [3.8, 4) is 11.1 Å². The summed E-state index contributed by atoms with van der Waals surface area (Å²) >= 11 is 0. The first kappa shape index (κ1) is 22.2. The Kier molecular flexibility index (Phi) is 6.60. The van der Waals surface area contributed by atoms with Crippen LogP contribution in [0.2, 0.25) is 0 Å². The van der Waals surface area contributed by atoms with Crippen molar-refractivity contribution in [2.75, 3.05) is 0 Å². The van der Waals surface area contributed by atoms with Crippen molar-refractivity contribution in [1.82, 2.24) is 0 Å². The highest BCUT2D eigenvalue weighted by molar-refractivity contribution is 5.93. The van der Waals surface area contributed by atoms with Crippen molar-refractivity contribution < 1.29 is 9.85 Å². The molecule has 0 saturated carbocycles. The zero-order valence-electron chi connectivity index (χ0n) is 17.8. The molecule has 0 spiro atoms. The van der Waals surface area contributed by atoms with E-state index in [4.69, 9.17) is 0 Å². The number of para-hydroxylation sites is 4. The predicted molar refractivity (Wildman–Crippen MR) is 133 cm³/mol. The third-order valence-corrected chi connectivity index (χ3v) is 5.05. The fourth-order valence-electron chi connectivity index (χ4n) is 3.43. The highest BCUT2D eigenvalue weighted by Crippen LogP contribution is 2.36. The lowest BCUT2D eigenvalue weighted by molar-refractivity contribution is -0.385. The molecule has 0 amide bonds. The fraction of sp³-hybridized carbons (Fsp3) is 0. The van der Waals surface area contributed by atoms with Gasteiger partial charge in [-0.05, 0) is 24.3 Å². The van der Waals surface area contributed by atoms with Crippen LogP contribution in [0.25, 0.3) is 11.1 Å². The Morgan fingerprint density at radius 2 is 0.882 bits per heavy atom. The van der Waals surface area contributed by atoms with Gasteiger partial charge in [0, 0.05) is 35.7 Å². The van der Waals surface area contributed by atoms with Crippen LogP contribution in [0.1, 0.15) is 11.1 Å². The molecule has 166 valence electrons. The van der Waals surface area contributed by atoms with Crippen molar-refractivity contribution in [2.45, 2.75) is 0 Å². The summed E-state index contributed by atoms with van der Waals surface area (Å²) in [4.78, 5) is 30.8. The van der Waals surface area contributed by atoms with Gasteiger partial charge in [0.2, 0.25) is 0 Å². The zero-order chi connectivity index (χ0) is 23.9. The third-order valence-electron chi connectivity index (χ3n) is 5.05. The predicted octanol–water partition coefficient (Wildman–Crippen LogP) is 6.67. The summed E-state index contributed by atoms with van der Waals surface area (Å²) in [5, 5.41) is 22.6. The fourth-order valence-corrected chi connectivity index (χ4v) is 3.43. The second kappa shape index (κ2) is 10.1. The maximum absolute atomic E-state index is 11.3. The average molecular weight is 450 g/mol. The van der Waals surface area contributed by atoms with Crippen molar-refractivity contribution in [3.63, 3.8) is 0 Å². The number of hydrogen-bond donors (Lipinski definition) is 0. The smallest absolute Gasteiger partial charge is 0.258 e. The molecule has 0 fully saturated rings. The number of nitro groups is 2. The summed E-state index contributed by atoms with van der Waals surface area (Å²) in [7, 11) is 0. The van der Waals surface area contributed by atoms with E-state index in [1.165, 1.54) is 24.6 Å². The Bertz CT molecular complexity index is 1320. The van der Waals surface area contributed by atoms with Gasteiger partial charge in [-0.25, -0.2) is 0 Å². The Labute approximate surface area is 194 Å². The Morgan fingerprint density at radius 1 is 0.529 bits per heavy atom. The zero-order valence-corrected chi connectivity index (χ0v) is 17.8. The van der Waals surface area contributed by atoms with Crippen molar-refractivity contribution in [3.05, 3.63) is 128 Å². The molecule has 4 aromatic rings. The minimum Gasteiger partial charge on any atom is -0.258 e. The van der Waals surface area contributed by atoms with E-state index in [1.807, 2.05) is 48.5 Å². The van der Waals surface area contributed by atoms with Crippen molar-refractivity contribution in [2.24, 2.45) is 9.98 Å². The third kappa shape index (κ3) is 4.91. The molecule has 0 aliphatic heterocycles. The molecule has 0 saturated heterocycles. The number of hydrogen-bond acceptors (Lipinski definition) is 6. The Hall–Kier alpha value is -4.98. The number of nitro benzene ring substituents is 2. The van der Waals surface area contributed by atoms with Crippen LogP contribution >= 0.6 is 0 Å². The van der Waals surface area contributed by atoms with Crippen LogP contribution in [0.4, 0.5) is 22.7 Å². The van der Waals surface area contributed by atoms with Gasteiger partial charge >= 0.3 is 0 Å². The van der Waals surface area contributed by atoms with E-state index in [-0.39, 0.29) is 11.4 Å². The highest BCUT2D eigenvalue weighted by atomic mass is 16.6. The molecule has 8 heteroatoms. The number of nitrogens with zero attached hydrogens (tertiary/aromatic N) is 4. The minimum atomic E-state index is -0.444. The summed E-state index contributed by atoms with van der Waals surface area (Å²) in [5.74, 6) is 0. The van der Waals surface area contributed by atoms with E-state index in [0.717, 1.165) is 11.1 Å². The standard InChI is InChI=1S/C26H18N4O4/c31-29(32)25-15-7-1-9-19(25)17-27-23-13-5-3-11-21(23)22-12-4-6-14-24(22)28-18-20-10-2-8-16-26(20)30(33)34/h1-18H. The van der Waals surface area contributed by atoms with Gasteiger partial charge in [0.25, 0.3) is 11.4 Å². The van der Waals surface area contributed by atoms with Gasteiger partial charge in [-0.3, -0.25) is 30.2 Å². The van der Waals surface area contributed by atoms with E-state index in [0.29, 0.717) is 22.5 Å². The number of benzene rings is 4. The van der Waals surface area contributed by atoms with E-state index >= 15 is 0 Å². The molecule has 4 aromatic carbocycles. The van der Waals surface area contributed by atoms with Gasteiger partial charge in [0.05, 0.1) is 32.3 Å². The summed E-state index contributed by atoms with van der Waals surface area (Å²) in [6.07, 6.45) is 2.94. The molecule has 0 heterocycles. The first-order valence-electron chi connectivity index (χ1n) is 10.3. The van der Waals surface area contributed by atoms with Crippen LogP contribution in [-0.4, -0.2) is 22.3 Å². The minimum absolute atomic E-state index is 0.0295. The van der Waals surface area contributed by atoms with Crippen LogP contribution in [0.5, 0.6) is 0 Å². The maximum atomic E-state index is 11.3. The lowest BCUT2D eigenvalue weighted by Crippen LogP contribution is -1.94. The first-order valence-corrected chi connectivity index (χ1v) is 10.3. The number of aliphatic imine (C=N–C) groups is 2. The van der Waals surface area contributed by atoms with Gasteiger partial charge in [-0.1, -0.05) is 60.7 Å². The molecule has 0 aliphatic carbocycles. The lowest BCUT2D eigenvalue weighted by Gasteiger charge is -2.09. The van der Waals surface area contributed by atoms with Crippen molar-refractivity contribution >= 4 is 35.2 Å². The highest BCUT2D eigenvalue weighted by Gasteiger charge is 2.13. The summed E-state index contributed by atoms with van der Waals surface area (Å²) < 4.78 is 0. The van der Waals surface area contributed by atoms with Gasteiger partial charge in [-0.2, -0.15) is 0 Å². The van der Waals surface area contributed by atoms with E-state index < -0.39 is 9.85 Å². The molecule has 0 radical (unpaired) electrons. The molecular weight excluding hydrogens is 432 g/mol. The Morgan fingerprint density at radius 3 is 1.29 bits per heavy atom. The van der Waals surface area contributed by atoms with Crippen LogP contribution in [-0.2, 0) is 0 Å². The first-order chi connectivity index (χ1) is 16.5. The largest absolute Gasteiger partial charge is 0.278 e. The van der Waals surface area contributed by atoms with Gasteiger partial charge in [0.1, 0.15) is 0 Å². The van der Waals surface area contributed by atoms with Gasteiger partial charge < -0.3 is 0 Å². The molecule has 0 aliphatic rings. The second-order valence-corrected chi connectivity index (χ2v) is 7.18. The SMILES string of the molecule is O=[N+]([O-])c1ccccc1C=Nc1ccccc1-c1ccccc1N=Cc1ccccc1[N+](=O)[O-]. The molecule has 4 rings (SSSR count).